The fourth-order valence-corrected chi connectivity index (χ4v) is 4.07. The summed E-state index contributed by atoms with van der Waals surface area (Å²) in [6.07, 6.45) is 4.00. The molecule has 1 atom stereocenters. The van der Waals surface area contributed by atoms with Crippen molar-refractivity contribution >= 4 is 22.5 Å². The predicted octanol–water partition coefficient (Wildman–Crippen LogP) is 5.49. The molecule has 0 spiro atoms. The zero-order valence-corrected chi connectivity index (χ0v) is 18.2. The molecule has 1 aliphatic carbocycles. The largest absolute Gasteiger partial charge is 0.497 e. The quantitative estimate of drug-likeness (QED) is 0.470. The van der Waals surface area contributed by atoms with E-state index in [2.05, 4.69) is 12.2 Å². The van der Waals surface area contributed by atoms with E-state index in [1.165, 1.54) is 12.8 Å². The Kier molecular flexibility index (Phi) is 6.36. The van der Waals surface area contributed by atoms with Crippen LogP contribution in [-0.2, 0) is 4.79 Å². The molecule has 1 fully saturated rings. The predicted molar refractivity (Wildman–Crippen MR) is 124 cm³/mol. The number of ketones is 1. The highest BCUT2D eigenvalue weighted by molar-refractivity contribution is 6.11. The van der Waals surface area contributed by atoms with Crippen molar-refractivity contribution in [3.8, 4) is 5.75 Å². The van der Waals surface area contributed by atoms with E-state index in [4.69, 9.17) is 4.74 Å². The van der Waals surface area contributed by atoms with Crippen LogP contribution in [0.1, 0.15) is 60.0 Å². The van der Waals surface area contributed by atoms with Crippen molar-refractivity contribution in [1.82, 2.24) is 5.32 Å². The second-order valence-electron chi connectivity index (χ2n) is 8.38. The second kappa shape index (κ2) is 9.34. The average Bonchev–Trinajstić information content (AvgIpc) is 3.64. The fourth-order valence-electron chi connectivity index (χ4n) is 4.07. The molecule has 1 saturated carbocycles. The molecule has 3 aromatic carbocycles. The number of carbonyl (C=O) groups excluding carboxylic acids is 2. The smallest absolute Gasteiger partial charge is 0.227 e. The van der Waals surface area contributed by atoms with Crippen LogP contribution < -0.4 is 10.1 Å². The Morgan fingerprint density at radius 3 is 2.48 bits per heavy atom. The Balaban J connectivity index is 1.80. The number of hydrogen-bond acceptors (Lipinski definition) is 3. The molecular formula is C27H29NO3. The maximum atomic E-state index is 13.2. The third-order valence-corrected chi connectivity index (χ3v) is 6.02. The van der Waals surface area contributed by atoms with Crippen LogP contribution >= 0.6 is 0 Å². The van der Waals surface area contributed by atoms with Gasteiger partial charge in [0.2, 0.25) is 5.91 Å². The maximum absolute atomic E-state index is 13.2. The minimum Gasteiger partial charge on any atom is -0.497 e. The number of amides is 1. The van der Waals surface area contributed by atoms with Crippen molar-refractivity contribution in [2.24, 2.45) is 5.92 Å². The van der Waals surface area contributed by atoms with E-state index in [9.17, 15) is 9.59 Å². The summed E-state index contributed by atoms with van der Waals surface area (Å²) in [5.74, 6) is 1.07. The van der Waals surface area contributed by atoms with Gasteiger partial charge in [0.05, 0.1) is 13.0 Å². The molecule has 4 rings (SSSR count). The zero-order valence-electron chi connectivity index (χ0n) is 18.2. The van der Waals surface area contributed by atoms with Crippen molar-refractivity contribution < 1.29 is 14.3 Å². The Hall–Kier alpha value is -3.14. The SMILES string of the molecule is CCCC(C(=O)NCC1CC1)c1cc(C(=O)c2ccccc2)cc2ccc(OC)cc12. The van der Waals surface area contributed by atoms with Crippen molar-refractivity contribution in [2.45, 2.75) is 38.5 Å². The molecular weight excluding hydrogens is 386 g/mol. The molecule has 1 N–H and O–H groups in total. The molecule has 3 aromatic rings. The average molecular weight is 416 g/mol. The van der Waals surface area contributed by atoms with Gasteiger partial charge in [-0.1, -0.05) is 49.7 Å². The molecule has 1 unspecified atom stereocenters. The van der Waals surface area contributed by atoms with E-state index < -0.39 is 0 Å². The summed E-state index contributed by atoms with van der Waals surface area (Å²) in [7, 11) is 1.64. The number of hydrogen-bond donors (Lipinski definition) is 1. The Labute approximate surface area is 183 Å². The number of fused-ring (bicyclic) bond motifs is 1. The van der Waals surface area contributed by atoms with Gasteiger partial charge in [-0.2, -0.15) is 0 Å². The number of methoxy groups -OCH3 is 1. The highest BCUT2D eigenvalue weighted by Gasteiger charge is 2.27. The molecule has 4 heteroatoms. The summed E-state index contributed by atoms with van der Waals surface area (Å²) < 4.78 is 5.44. The van der Waals surface area contributed by atoms with Gasteiger partial charge in [-0.15, -0.1) is 0 Å². The van der Waals surface area contributed by atoms with E-state index >= 15 is 0 Å². The summed E-state index contributed by atoms with van der Waals surface area (Å²) in [4.78, 5) is 26.4. The first-order valence-corrected chi connectivity index (χ1v) is 11.1. The van der Waals surface area contributed by atoms with E-state index in [-0.39, 0.29) is 17.6 Å². The van der Waals surface area contributed by atoms with Gasteiger partial charge in [0.25, 0.3) is 0 Å². The summed E-state index contributed by atoms with van der Waals surface area (Å²) in [6, 6.07) is 18.9. The van der Waals surface area contributed by atoms with Gasteiger partial charge in [-0.05, 0) is 65.8 Å². The summed E-state index contributed by atoms with van der Waals surface area (Å²) in [6.45, 7) is 2.83. The van der Waals surface area contributed by atoms with E-state index in [0.29, 0.717) is 17.0 Å². The minimum absolute atomic E-state index is 0.0341. The van der Waals surface area contributed by atoms with Crippen LogP contribution in [0.15, 0.2) is 60.7 Å². The molecule has 4 nitrogen and oxygen atoms in total. The minimum atomic E-state index is -0.304. The van der Waals surface area contributed by atoms with Gasteiger partial charge in [0, 0.05) is 17.7 Å². The number of benzene rings is 3. The first-order valence-electron chi connectivity index (χ1n) is 11.1. The lowest BCUT2D eigenvalue weighted by Crippen LogP contribution is -2.31. The van der Waals surface area contributed by atoms with Crippen LogP contribution in [0.3, 0.4) is 0 Å². The number of carbonyl (C=O) groups is 2. The van der Waals surface area contributed by atoms with Crippen LogP contribution in [0, 0.1) is 5.92 Å². The molecule has 1 aliphatic rings. The lowest BCUT2D eigenvalue weighted by Gasteiger charge is -2.20. The Bertz CT molecular complexity index is 1090. The van der Waals surface area contributed by atoms with E-state index in [1.807, 2.05) is 60.7 Å². The highest BCUT2D eigenvalue weighted by Crippen LogP contribution is 2.34. The first kappa shape index (κ1) is 21.1. The molecule has 0 heterocycles. The summed E-state index contributed by atoms with van der Waals surface area (Å²) in [5, 5.41) is 5.05. The summed E-state index contributed by atoms with van der Waals surface area (Å²) in [5.41, 5.74) is 2.15. The van der Waals surface area contributed by atoms with Crippen LogP contribution in [0.4, 0.5) is 0 Å². The van der Waals surface area contributed by atoms with Crippen molar-refractivity contribution in [3.63, 3.8) is 0 Å². The van der Waals surface area contributed by atoms with Gasteiger partial charge < -0.3 is 10.1 Å². The second-order valence-corrected chi connectivity index (χ2v) is 8.38. The molecule has 160 valence electrons. The molecule has 0 radical (unpaired) electrons. The lowest BCUT2D eigenvalue weighted by atomic mass is 9.86. The molecule has 31 heavy (non-hydrogen) atoms. The van der Waals surface area contributed by atoms with Gasteiger partial charge in [0.15, 0.2) is 5.78 Å². The van der Waals surface area contributed by atoms with Crippen molar-refractivity contribution in [3.05, 3.63) is 77.4 Å². The van der Waals surface area contributed by atoms with Crippen LogP contribution in [0.5, 0.6) is 5.75 Å². The van der Waals surface area contributed by atoms with Gasteiger partial charge in [-0.25, -0.2) is 0 Å². The molecule has 0 saturated heterocycles. The zero-order chi connectivity index (χ0) is 21.8. The Morgan fingerprint density at radius 2 is 1.81 bits per heavy atom. The van der Waals surface area contributed by atoms with Crippen molar-refractivity contribution in [1.29, 1.82) is 0 Å². The van der Waals surface area contributed by atoms with Crippen LogP contribution in [-0.4, -0.2) is 25.3 Å². The van der Waals surface area contributed by atoms with E-state index in [0.717, 1.165) is 41.5 Å². The van der Waals surface area contributed by atoms with Gasteiger partial charge >= 0.3 is 0 Å². The Morgan fingerprint density at radius 1 is 1.03 bits per heavy atom. The van der Waals surface area contributed by atoms with Gasteiger partial charge in [-0.3, -0.25) is 9.59 Å². The van der Waals surface area contributed by atoms with Gasteiger partial charge in [0.1, 0.15) is 5.75 Å². The summed E-state index contributed by atoms with van der Waals surface area (Å²) >= 11 is 0. The maximum Gasteiger partial charge on any atom is 0.227 e. The number of nitrogens with one attached hydrogen (secondary N) is 1. The third kappa shape index (κ3) is 4.79. The number of ether oxygens (including phenoxy) is 1. The topological polar surface area (TPSA) is 55.4 Å². The van der Waals surface area contributed by atoms with Crippen LogP contribution in [0.2, 0.25) is 0 Å². The molecule has 0 aromatic heterocycles. The monoisotopic (exact) mass is 415 g/mol. The fraction of sp³-hybridized carbons (Fsp3) is 0.333. The lowest BCUT2D eigenvalue weighted by molar-refractivity contribution is -0.122. The molecule has 1 amide bonds. The first-order chi connectivity index (χ1) is 15.1. The van der Waals surface area contributed by atoms with Crippen molar-refractivity contribution in [2.75, 3.05) is 13.7 Å². The molecule has 0 bridgehead atoms. The standard InChI is InChI=1S/C27H29NO3/c1-3-7-23(27(30)28-17-18-10-11-18)25-15-21(26(29)19-8-5-4-6-9-19)14-20-12-13-22(31-2)16-24(20)25/h4-6,8-9,12-16,18,23H,3,7,10-11,17H2,1-2H3,(H,28,30). The molecule has 0 aliphatic heterocycles. The number of rotatable bonds is 9. The van der Waals surface area contributed by atoms with E-state index in [1.54, 1.807) is 7.11 Å². The third-order valence-electron chi connectivity index (χ3n) is 6.02. The van der Waals surface area contributed by atoms with Crippen LogP contribution in [0.25, 0.3) is 10.8 Å². The highest BCUT2D eigenvalue weighted by atomic mass is 16.5. The normalized spacial score (nSPS) is 14.3.